The fourth-order valence-corrected chi connectivity index (χ4v) is 4.60. The zero-order valence-electron chi connectivity index (χ0n) is 20.3. The Bertz CT molecular complexity index is 1030. The minimum absolute atomic E-state index is 0.0151. The van der Waals surface area contributed by atoms with E-state index in [9.17, 15) is 4.79 Å². The number of aromatic nitrogens is 4. The molecule has 5 rings (SSSR count). The number of nitrogen functional groups attached to an aromatic ring is 1. The molecule has 0 aromatic carbocycles. The second-order valence-electron chi connectivity index (χ2n) is 9.33. The first-order valence-electron chi connectivity index (χ1n) is 12.2. The Hall–Kier alpha value is -3.25. The van der Waals surface area contributed by atoms with E-state index in [4.69, 9.17) is 25.2 Å². The number of anilines is 2. The molecule has 0 bridgehead atoms. The molecule has 188 valence electrons. The summed E-state index contributed by atoms with van der Waals surface area (Å²) in [6, 6.07) is 2.21. The number of hydrogen-bond acceptors (Lipinski definition) is 10. The summed E-state index contributed by atoms with van der Waals surface area (Å²) >= 11 is 0. The van der Waals surface area contributed by atoms with Gasteiger partial charge in [0.1, 0.15) is 6.10 Å². The number of carbonyl (C=O) groups excluding carboxylic acids is 1. The minimum Gasteiger partial charge on any atom is -0.474 e. The van der Waals surface area contributed by atoms with Crippen molar-refractivity contribution in [2.45, 2.75) is 38.0 Å². The Morgan fingerprint density at radius 3 is 2.66 bits per heavy atom. The Labute approximate surface area is 204 Å². The van der Waals surface area contributed by atoms with Crippen LogP contribution in [0.1, 0.15) is 19.8 Å². The predicted molar refractivity (Wildman–Crippen MR) is 130 cm³/mol. The summed E-state index contributed by atoms with van der Waals surface area (Å²) in [5.41, 5.74) is 7.07. The first kappa shape index (κ1) is 23.5. The molecule has 2 amide bonds. The molecule has 3 aliphatic rings. The monoisotopic (exact) mass is 483 g/mol. The number of nitrogens with two attached hydrogens (primary N) is 1. The highest BCUT2D eigenvalue weighted by molar-refractivity contribution is 5.74. The zero-order valence-corrected chi connectivity index (χ0v) is 20.3. The normalized spacial score (nSPS) is 24.6. The summed E-state index contributed by atoms with van der Waals surface area (Å²) in [7, 11) is 1.88. The molecule has 2 saturated heterocycles. The predicted octanol–water partition coefficient (Wildman–Crippen LogP) is 0.608. The number of ether oxygens (including phenoxy) is 2. The first-order chi connectivity index (χ1) is 17.0. The van der Waals surface area contributed by atoms with E-state index in [0.29, 0.717) is 37.3 Å². The van der Waals surface area contributed by atoms with E-state index < -0.39 is 0 Å². The summed E-state index contributed by atoms with van der Waals surface area (Å²) in [5, 5.41) is 3.28. The highest BCUT2D eigenvalue weighted by atomic mass is 16.5. The van der Waals surface area contributed by atoms with Crippen LogP contribution in [0.3, 0.4) is 0 Å². The average Bonchev–Trinajstić information content (AvgIpc) is 2.86. The van der Waals surface area contributed by atoms with Gasteiger partial charge in [-0.2, -0.15) is 4.98 Å². The molecule has 12 nitrogen and oxygen atoms in total. The Morgan fingerprint density at radius 1 is 1.20 bits per heavy atom. The van der Waals surface area contributed by atoms with Crippen molar-refractivity contribution < 1.29 is 14.3 Å². The third kappa shape index (κ3) is 5.22. The Morgan fingerprint density at radius 2 is 1.94 bits per heavy atom. The molecule has 3 N–H and O–H groups in total. The number of morpholine rings is 1. The number of rotatable bonds is 5. The van der Waals surface area contributed by atoms with Crippen LogP contribution in [0.15, 0.2) is 18.5 Å². The van der Waals surface area contributed by atoms with Crippen LogP contribution in [0.4, 0.5) is 16.7 Å². The van der Waals surface area contributed by atoms with Crippen LogP contribution < -0.4 is 20.7 Å². The highest BCUT2D eigenvalue weighted by Crippen LogP contribution is 2.32. The molecule has 3 fully saturated rings. The molecule has 4 heterocycles. The number of piperazine rings is 1. The average molecular weight is 484 g/mol. The number of nitrogens with zero attached hydrogens (tertiary/aromatic N) is 7. The lowest BCUT2D eigenvalue weighted by Crippen LogP contribution is -2.56. The molecular formula is C23H33N9O3. The van der Waals surface area contributed by atoms with Gasteiger partial charge in [0.15, 0.2) is 0 Å². The molecular weight excluding hydrogens is 450 g/mol. The van der Waals surface area contributed by atoms with Crippen LogP contribution >= 0.6 is 0 Å². The molecule has 0 spiro atoms. The van der Waals surface area contributed by atoms with Crippen molar-refractivity contribution in [2.24, 2.45) is 0 Å². The first-order valence-corrected chi connectivity index (χ1v) is 12.2. The van der Waals surface area contributed by atoms with E-state index in [1.54, 1.807) is 12.4 Å². The van der Waals surface area contributed by atoms with E-state index in [1.807, 2.05) is 22.9 Å². The van der Waals surface area contributed by atoms with Gasteiger partial charge >= 0.3 is 6.03 Å². The van der Waals surface area contributed by atoms with Crippen molar-refractivity contribution in [1.29, 1.82) is 0 Å². The summed E-state index contributed by atoms with van der Waals surface area (Å²) in [5.74, 6) is 1.30. The molecule has 2 aliphatic heterocycles. The lowest BCUT2D eigenvalue weighted by Gasteiger charge is -2.43. The number of urea groups is 1. The summed E-state index contributed by atoms with van der Waals surface area (Å²) in [6.07, 6.45) is 4.82. The van der Waals surface area contributed by atoms with Gasteiger partial charge in [-0.3, -0.25) is 0 Å². The van der Waals surface area contributed by atoms with Crippen LogP contribution in [-0.4, -0.2) is 107 Å². The summed E-state index contributed by atoms with van der Waals surface area (Å²) < 4.78 is 11.9. The van der Waals surface area contributed by atoms with Gasteiger partial charge in [0.25, 0.3) is 0 Å². The lowest BCUT2D eigenvalue weighted by atomic mass is 9.88. The smallest absolute Gasteiger partial charge is 0.320 e. The lowest BCUT2D eigenvalue weighted by molar-refractivity contribution is 0.0320. The quantitative estimate of drug-likeness (QED) is 0.623. The number of amides is 2. The molecule has 1 aliphatic carbocycles. The Kier molecular flexibility index (Phi) is 6.82. The van der Waals surface area contributed by atoms with Gasteiger partial charge in [0.05, 0.1) is 24.9 Å². The SMILES string of the molecule is C[C@H]1COCCN1c1nc(OC2CC(N(C)C(=O)N3CCNCC3)C2)cc(-c2cnc(N)nc2)n1. The van der Waals surface area contributed by atoms with E-state index in [0.717, 1.165) is 44.6 Å². The molecule has 2 aromatic heterocycles. The molecule has 1 atom stereocenters. The molecule has 0 unspecified atom stereocenters. The van der Waals surface area contributed by atoms with Crippen molar-refractivity contribution in [1.82, 2.24) is 35.1 Å². The van der Waals surface area contributed by atoms with Crippen molar-refractivity contribution in [3.8, 4) is 17.1 Å². The van der Waals surface area contributed by atoms with Gasteiger partial charge in [-0.05, 0) is 6.92 Å². The summed E-state index contributed by atoms with van der Waals surface area (Å²) in [4.78, 5) is 36.4. The van der Waals surface area contributed by atoms with Crippen LogP contribution in [0.5, 0.6) is 5.88 Å². The summed E-state index contributed by atoms with van der Waals surface area (Å²) in [6.45, 7) is 7.21. The van der Waals surface area contributed by atoms with E-state index >= 15 is 0 Å². The molecule has 2 aromatic rings. The van der Waals surface area contributed by atoms with Crippen LogP contribution in [0.25, 0.3) is 11.3 Å². The second kappa shape index (κ2) is 10.2. The molecule has 0 radical (unpaired) electrons. The largest absolute Gasteiger partial charge is 0.474 e. The fraction of sp³-hybridized carbons (Fsp3) is 0.609. The van der Waals surface area contributed by atoms with Gasteiger partial charge in [0.2, 0.25) is 17.8 Å². The maximum atomic E-state index is 12.8. The van der Waals surface area contributed by atoms with Crippen LogP contribution in [-0.2, 0) is 4.74 Å². The van der Waals surface area contributed by atoms with E-state index in [1.165, 1.54) is 0 Å². The van der Waals surface area contributed by atoms with Crippen LogP contribution in [0.2, 0.25) is 0 Å². The van der Waals surface area contributed by atoms with Crippen molar-refractivity contribution in [3.05, 3.63) is 18.5 Å². The number of hydrogen-bond donors (Lipinski definition) is 2. The number of nitrogens with one attached hydrogen (secondary N) is 1. The van der Waals surface area contributed by atoms with E-state index in [2.05, 4.69) is 27.1 Å². The second-order valence-corrected chi connectivity index (χ2v) is 9.33. The third-order valence-corrected chi connectivity index (χ3v) is 6.88. The zero-order chi connectivity index (χ0) is 24.4. The highest BCUT2D eigenvalue weighted by Gasteiger charge is 2.37. The van der Waals surface area contributed by atoms with Crippen molar-refractivity contribution >= 4 is 17.9 Å². The topological polar surface area (TPSA) is 135 Å². The van der Waals surface area contributed by atoms with Crippen molar-refractivity contribution in [2.75, 3.05) is 63.6 Å². The minimum atomic E-state index is -0.0151. The molecule has 12 heteroatoms. The number of carbonyl (C=O) groups is 1. The van der Waals surface area contributed by atoms with Gasteiger partial charge in [-0.25, -0.2) is 19.7 Å². The van der Waals surface area contributed by atoms with E-state index in [-0.39, 0.29) is 30.2 Å². The fourth-order valence-electron chi connectivity index (χ4n) is 4.60. The van der Waals surface area contributed by atoms with Crippen LogP contribution in [0, 0.1) is 0 Å². The van der Waals surface area contributed by atoms with Crippen molar-refractivity contribution in [3.63, 3.8) is 0 Å². The third-order valence-electron chi connectivity index (χ3n) is 6.88. The van der Waals surface area contributed by atoms with Gasteiger partial charge in [-0.15, -0.1) is 0 Å². The van der Waals surface area contributed by atoms with Gasteiger partial charge < -0.3 is 35.2 Å². The maximum absolute atomic E-state index is 12.8. The van der Waals surface area contributed by atoms with Gasteiger partial charge in [0, 0.05) is 82.7 Å². The standard InChI is InChI=1S/C23H33N9O3/c1-15-14-34-8-7-32(15)22-28-19(16-12-26-21(24)27-13-16)11-20(29-22)35-18-9-17(10-18)30(2)23(33)31-5-3-25-4-6-31/h11-13,15,17-18,25H,3-10,14H2,1-2H3,(H2,24,26,27)/t15-,17?,18?/m0/s1. The molecule has 35 heavy (non-hydrogen) atoms. The Balaban J connectivity index is 1.29. The van der Waals surface area contributed by atoms with Gasteiger partial charge in [-0.1, -0.05) is 0 Å². The maximum Gasteiger partial charge on any atom is 0.320 e. The molecule has 1 saturated carbocycles.